The Balaban J connectivity index is 2.29. The van der Waals surface area contributed by atoms with Gasteiger partial charge in [0, 0.05) is 14.1 Å². The summed E-state index contributed by atoms with van der Waals surface area (Å²) < 4.78 is 18.6. The van der Waals surface area contributed by atoms with Crippen LogP contribution in [0, 0.1) is 12.7 Å². The van der Waals surface area contributed by atoms with Crippen LogP contribution in [0.4, 0.5) is 16.3 Å². The summed E-state index contributed by atoms with van der Waals surface area (Å²) in [5, 5.41) is 0. The van der Waals surface area contributed by atoms with Crippen LogP contribution in [0.5, 0.6) is 11.8 Å². The summed E-state index contributed by atoms with van der Waals surface area (Å²) in [7, 11) is 3.56. The molecule has 1 heterocycles. The number of nitrogen functional groups attached to an aromatic ring is 1. The van der Waals surface area contributed by atoms with E-state index in [1.807, 2.05) is 0 Å². The molecule has 0 saturated carbocycles. The van der Waals surface area contributed by atoms with E-state index < -0.39 is 0 Å². The van der Waals surface area contributed by atoms with Crippen molar-refractivity contribution in [2.75, 3.05) is 24.7 Å². The standard InChI is InChI=1S/C12H14FN5O/c1-7-6-8(4-5-9(7)13)19-12-16-10(14)15-11(17-12)18(2)3/h4-6H,1-3H3,(H2,14,15,16,17). The van der Waals surface area contributed by atoms with E-state index in [1.165, 1.54) is 12.1 Å². The van der Waals surface area contributed by atoms with E-state index in [0.717, 1.165) is 0 Å². The van der Waals surface area contributed by atoms with Crippen molar-refractivity contribution in [3.8, 4) is 11.8 Å². The molecule has 0 amide bonds. The third-order valence-corrected chi connectivity index (χ3v) is 2.36. The first-order valence-corrected chi connectivity index (χ1v) is 5.58. The van der Waals surface area contributed by atoms with Crippen LogP contribution in [0.3, 0.4) is 0 Å². The summed E-state index contributed by atoms with van der Waals surface area (Å²) in [6.45, 7) is 1.65. The van der Waals surface area contributed by atoms with Crippen LogP contribution in [0.25, 0.3) is 0 Å². The fraction of sp³-hybridized carbons (Fsp3) is 0.250. The van der Waals surface area contributed by atoms with Gasteiger partial charge in [-0.2, -0.15) is 15.0 Å². The molecule has 1 aromatic carbocycles. The number of nitrogens with zero attached hydrogens (tertiary/aromatic N) is 4. The van der Waals surface area contributed by atoms with Crippen LogP contribution < -0.4 is 15.4 Å². The summed E-state index contributed by atoms with van der Waals surface area (Å²) >= 11 is 0. The zero-order valence-corrected chi connectivity index (χ0v) is 10.9. The molecule has 0 saturated heterocycles. The van der Waals surface area contributed by atoms with Crippen molar-refractivity contribution in [2.45, 2.75) is 6.92 Å². The fourth-order valence-electron chi connectivity index (χ4n) is 1.39. The van der Waals surface area contributed by atoms with Crippen molar-refractivity contribution < 1.29 is 9.13 Å². The number of ether oxygens (including phenoxy) is 1. The third kappa shape index (κ3) is 3.06. The highest BCUT2D eigenvalue weighted by Gasteiger charge is 2.09. The van der Waals surface area contributed by atoms with Crippen LogP contribution >= 0.6 is 0 Å². The maximum atomic E-state index is 13.1. The summed E-state index contributed by atoms with van der Waals surface area (Å²) in [5.41, 5.74) is 6.06. The molecule has 0 aliphatic rings. The maximum absolute atomic E-state index is 13.1. The van der Waals surface area contributed by atoms with Gasteiger partial charge in [-0.25, -0.2) is 4.39 Å². The van der Waals surface area contributed by atoms with E-state index in [9.17, 15) is 4.39 Å². The maximum Gasteiger partial charge on any atom is 0.328 e. The minimum atomic E-state index is -0.295. The van der Waals surface area contributed by atoms with Crippen LogP contribution in [0.1, 0.15) is 5.56 Å². The molecule has 2 aromatic rings. The van der Waals surface area contributed by atoms with Crippen molar-refractivity contribution in [1.29, 1.82) is 0 Å². The Bertz CT molecular complexity index is 603. The minimum Gasteiger partial charge on any atom is -0.424 e. The molecule has 0 unspecified atom stereocenters. The van der Waals surface area contributed by atoms with E-state index >= 15 is 0 Å². The lowest BCUT2D eigenvalue weighted by atomic mass is 10.2. The average molecular weight is 263 g/mol. The van der Waals surface area contributed by atoms with Gasteiger partial charge in [0.2, 0.25) is 11.9 Å². The number of hydrogen-bond donors (Lipinski definition) is 1. The van der Waals surface area contributed by atoms with Gasteiger partial charge in [-0.1, -0.05) is 0 Å². The molecule has 0 aliphatic carbocycles. The van der Waals surface area contributed by atoms with Gasteiger partial charge < -0.3 is 15.4 Å². The number of halogens is 1. The first kappa shape index (κ1) is 13.0. The van der Waals surface area contributed by atoms with Crippen LogP contribution in [0.15, 0.2) is 18.2 Å². The SMILES string of the molecule is Cc1cc(Oc2nc(N)nc(N(C)C)n2)ccc1F. The first-order valence-electron chi connectivity index (χ1n) is 5.58. The van der Waals surface area contributed by atoms with Crippen LogP contribution in [-0.2, 0) is 0 Å². The summed E-state index contributed by atoms with van der Waals surface area (Å²) in [6.07, 6.45) is 0. The number of anilines is 2. The van der Waals surface area contributed by atoms with Crippen molar-refractivity contribution in [3.63, 3.8) is 0 Å². The van der Waals surface area contributed by atoms with E-state index in [-0.39, 0.29) is 17.8 Å². The van der Waals surface area contributed by atoms with Gasteiger partial charge in [0.1, 0.15) is 11.6 Å². The molecule has 0 radical (unpaired) electrons. The molecule has 7 heteroatoms. The average Bonchev–Trinajstić information content (AvgIpc) is 2.33. The lowest BCUT2D eigenvalue weighted by Gasteiger charge is -2.11. The van der Waals surface area contributed by atoms with Gasteiger partial charge in [-0.15, -0.1) is 0 Å². The van der Waals surface area contributed by atoms with Gasteiger partial charge in [0.15, 0.2) is 0 Å². The van der Waals surface area contributed by atoms with Gasteiger partial charge in [0.25, 0.3) is 0 Å². The van der Waals surface area contributed by atoms with Gasteiger partial charge in [-0.05, 0) is 30.7 Å². The molecule has 0 spiro atoms. The fourth-order valence-corrected chi connectivity index (χ4v) is 1.39. The third-order valence-electron chi connectivity index (χ3n) is 2.36. The van der Waals surface area contributed by atoms with Crippen LogP contribution in [-0.4, -0.2) is 29.0 Å². The van der Waals surface area contributed by atoms with Gasteiger partial charge in [-0.3, -0.25) is 0 Å². The Hall–Kier alpha value is -2.44. The smallest absolute Gasteiger partial charge is 0.328 e. The minimum absolute atomic E-state index is 0.0625. The second kappa shape index (κ2) is 5.05. The highest BCUT2D eigenvalue weighted by molar-refractivity contribution is 5.36. The van der Waals surface area contributed by atoms with Crippen molar-refractivity contribution >= 4 is 11.9 Å². The Labute approximate surface area is 110 Å². The Morgan fingerprint density at radius 2 is 1.95 bits per heavy atom. The molecule has 2 N–H and O–H groups in total. The zero-order chi connectivity index (χ0) is 14.0. The first-order chi connectivity index (χ1) is 8.95. The molecule has 6 nitrogen and oxygen atoms in total. The zero-order valence-electron chi connectivity index (χ0n) is 10.9. The molecular formula is C12H14FN5O. The highest BCUT2D eigenvalue weighted by atomic mass is 19.1. The molecular weight excluding hydrogens is 249 g/mol. The lowest BCUT2D eigenvalue weighted by Crippen LogP contribution is -2.15. The Morgan fingerprint density at radius 1 is 1.21 bits per heavy atom. The molecule has 0 bridgehead atoms. The summed E-state index contributed by atoms with van der Waals surface area (Å²) in [4.78, 5) is 13.6. The summed E-state index contributed by atoms with van der Waals surface area (Å²) in [6, 6.07) is 4.45. The summed E-state index contributed by atoms with van der Waals surface area (Å²) in [5.74, 6) is 0.597. The van der Waals surface area contributed by atoms with E-state index in [4.69, 9.17) is 10.5 Å². The number of nitrogens with two attached hydrogens (primary N) is 1. The largest absolute Gasteiger partial charge is 0.424 e. The lowest BCUT2D eigenvalue weighted by molar-refractivity contribution is 0.439. The molecule has 0 atom stereocenters. The van der Waals surface area contributed by atoms with Crippen molar-refractivity contribution in [1.82, 2.24) is 15.0 Å². The van der Waals surface area contributed by atoms with Crippen LogP contribution in [0.2, 0.25) is 0 Å². The number of rotatable bonds is 3. The monoisotopic (exact) mass is 263 g/mol. The topological polar surface area (TPSA) is 77.2 Å². The van der Waals surface area contributed by atoms with E-state index in [2.05, 4.69) is 15.0 Å². The Morgan fingerprint density at radius 3 is 2.58 bits per heavy atom. The quantitative estimate of drug-likeness (QED) is 0.909. The molecule has 19 heavy (non-hydrogen) atoms. The highest BCUT2D eigenvalue weighted by Crippen LogP contribution is 2.22. The number of aromatic nitrogens is 3. The number of aryl methyl sites for hydroxylation is 1. The van der Waals surface area contributed by atoms with E-state index in [0.29, 0.717) is 17.3 Å². The number of hydrogen-bond acceptors (Lipinski definition) is 6. The molecule has 0 aliphatic heterocycles. The van der Waals surface area contributed by atoms with Crippen molar-refractivity contribution in [3.05, 3.63) is 29.6 Å². The normalized spacial score (nSPS) is 10.3. The van der Waals surface area contributed by atoms with E-state index in [1.54, 1.807) is 32.0 Å². The van der Waals surface area contributed by atoms with Crippen molar-refractivity contribution in [2.24, 2.45) is 0 Å². The number of benzene rings is 1. The van der Waals surface area contributed by atoms with Gasteiger partial charge in [0.05, 0.1) is 0 Å². The molecule has 2 rings (SSSR count). The predicted octanol–water partition coefficient (Wildman–Crippen LogP) is 1.76. The van der Waals surface area contributed by atoms with Gasteiger partial charge >= 0.3 is 6.01 Å². The predicted molar refractivity (Wildman–Crippen MR) is 69.8 cm³/mol. The molecule has 1 aromatic heterocycles. The molecule has 100 valence electrons. The Kier molecular flexibility index (Phi) is 3.46. The second-order valence-corrected chi connectivity index (χ2v) is 4.18. The molecule has 0 fully saturated rings. The second-order valence-electron chi connectivity index (χ2n) is 4.18.